The van der Waals surface area contributed by atoms with Crippen molar-refractivity contribution in [1.82, 2.24) is 50.5 Å². The molecule has 6 fully saturated rings. The van der Waals surface area contributed by atoms with E-state index in [1.54, 1.807) is 14.2 Å². The van der Waals surface area contributed by atoms with Crippen molar-refractivity contribution >= 4 is 114 Å². The van der Waals surface area contributed by atoms with Gasteiger partial charge in [0.1, 0.15) is 64.4 Å². The third-order valence-corrected chi connectivity index (χ3v) is 25.2. The van der Waals surface area contributed by atoms with Gasteiger partial charge >= 0.3 is 6.03 Å². The van der Waals surface area contributed by atoms with Gasteiger partial charge in [-0.1, -0.05) is 111 Å². The number of halogens is 2. The fraction of sp³-hybridized carbons (Fsp3) is 0.500. The lowest BCUT2D eigenvalue weighted by Gasteiger charge is -2.30. The molecule has 2 saturated heterocycles. The molecule has 4 saturated carbocycles. The first kappa shape index (κ1) is 88.7. The second-order valence-corrected chi connectivity index (χ2v) is 36.8. The summed E-state index contributed by atoms with van der Waals surface area (Å²) in [5.74, 6) is -2.00. The lowest BCUT2D eigenvalue weighted by molar-refractivity contribution is -0.141. The van der Waals surface area contributed by atoms with Gasteiger partial charge in [0.15, 0.2) is 0 Å². The average Bonchev–Trinajstić information content (AvgIpc) is 1.57. The van der Waals surface area contributed by atoms with Crippen molar-refractivity contribution in [1.29, 1.82) is 0 Å². The first-order valence-corrected chi connectivity index (χ1v) is 42.4. The highest BCUT2D eigenvalue weighted by molar-refractivity contribution is 7.91. The Morgan fingerprint density at radius 3 is 1.41 bits per heavy atom. The van der Waals surface area contributed by atoms with E-state index in [1.807, 2.05) is 175 Å². The van der Waals surface area contributed by atoms with Crippen molar-refractivity contribution in [3.05, 3.63) is 133 Å². The number of fused-ring (bicyclic) bond motifs is 6. The zero-order chi connectivity index (χ0) is 81.5. The van der Waals surface area contributed by atoms with Gasteiger partial charge in [-0.3, -0.25) is 38.2 Å². The standard InChI is InChI=1S/C42H52N6O8S.C37H43N5O7S.C5H9NO.2ClH/c1-41(2,3)46-40(52)44-32-16-12-7-5-6-11-15-27-24-42(27,39(51)47-57(53,54)30-18-19-30)45-37(49)35-22-29(25-48(35)38(32)50)56-36-23-33(26-13-9-8-10-14-26)43-34-21-28(55-4)17-20-31(34)36;1-48-25-14-17-28-31(18-25)39-30(23-10-6-5-7-11-23)20-33(28)49-26-19-32-34(43)40-37(36(45)41-50(46,47)27-15-16-27)21-24(37)12-8-3-2-4-9-13-29(38)35(44)42(32)22-26;1-5(2,3)6-4-7;;/h8-11,13-15,17,20-21,23,27,29-30,32,35H,5-7,12,16,18-19,22,24-25H2,1-4H3,(H,45,49)(H,47,51)(H2,44,46,52);5-8,10-12,14,17-18,20,24,26-27,29,32H,2-4,9,13,15-16,19,21-22,38H2,1H3,(H,40,43)(H,41,45);1-3H3;2*1H/b15-11-;12-8-;;;/t27?,29-,32+,35+,42-;24?,26-,29+,32+,37-;;;/m11.../s1. The highest BCUT2D eigenvalue weighted by atomic mass is 35.5. The summed E-state index contributed by atoms with van der Waals surface area (Å²) >= 11 is 0. The van der Waals surface area contributed by atoms with E-state index < -0.39 is 125 Å². The first-order valence-electron chi connectivity index (χ1n) is 39.4. The largest absolute Gasteiger partial charge is 0.497 e. The Hall–Kier alpha value is -9.71. The summed E-state index contributed by atoms with van der Waals surface area (Å²) in [4.78, 5) is 123. The van der Waals surface area contributed by atoms with Crippen LogP contribution in [0.3, 0.4) is 0 Å². The molecule has 0 spiro atoms. The summed E-state index contributed by atoms with van der Waals surface area (Å²) in [7, 11) is -4.57. The quantitative estimate of drug-likeness (QED) is 0.0285. The van der Waals surface area contributed by atoms with Crippen molar-refractivity contribution in [2.75, 3.05) is 27.3 Å². The van der Waals surface area contributed by atoms with Gasteiger partial charge in [-0.2, -0.15) is 0 Å². The van der Waals surface area contributed by atoms with Gasteiger partial charge in [-0.25, -0.2) is 41.4 Å². The Kier molecular flexibility index (Phi) is 28.5. The minimum absolute atomic E-state index is 0. The number of carbonyl (C=O) groups is 7. The number of hydrogen-bond donors (Lipinski definition) is 7. The van der Waals surface area contributed by atoms with Crippen LogP contribution in [0, 0.1) is 11.8 Å². The van der Waals surface area contributed by atoms with Crippen LogP contribution in [0.4, 0.5) is 4.79 Å². The molecular formula is C84H106Cl2N12O16S2. The molecule has 14 rings (SSSR count). The number of aromatic nitrogens is 2. The second kappa shape index (κ2) is 37.3. The number of nitrogens with zero attached hydrogens (tertiary/aromatic N) is 5. The molecule has 10 atom stereocenters. The van der Waals surface area contributed by atoms with E-state index in [2.05, 4.69) is 35.7 Å². The van der Waals surface area contributed by atoms with E-state index in [0.29, 0.717) is 102 Å². The van der Waals surface area contributed by atoms with Gasteiger partial charge in [0.05, 0.1) is 71.8 Å². The smallest absolute Gasteiger partial charge is 0.315 e. The number of benzene rings is 4. The molecule has 116 heavy (non-hydrogen) atoms. The van der Waals surface area contributed by atoms with Gasteiger partial charge in [0.25, 0.3) is 11.8 Å². The van der Waals surface area contributed by atoms with Gasteiger partial charge in [0.2, 0.25) is 49.8 Å². The number of sulfonamides is 2. The third-order valence-electron chi connectivity index (χ3n) is 21.6. The Balaban J connectivity index is 0.000000224. The van der Waals surface area contributed by atoms with E-state index in [9.17, 15) is 55.2 Å². The lowest BCUT2D eigenvalue weighted by Crippen LogP contribution is -2.59. The molecule has 624 valence electrons. The van der Waals surface area contributed by atoms with Crippen LogP contribution >= 0.6 is 24.8 Å². The molecule has 2 unspecified atom stereocenters. The minimum Gasteiger partial charge on any atom is -0.497 e. The van der Waals surface area contributed by atoms with Gasteiger partial charge < -0.3 is 55.7 Å². The molecule has 28 nitrogen and oxygen atoms in total. The topological polar surface area (TPSA) is 385 Å². The maximum absolute atomic E-state index is 14.7. The van der Waals surface area contributed by atoms with Gasteiger partial charge in [-0.15, -0.1) is 24.8 Å². The number of allylic oxidation sites excluding steroid dienone is 2. The normalized spacial score (nSPS) is 25.5. The summed E-state index contributed by atoms with van der Waals surface area (Å²) in [5, 5.41) is 11.8. The molecule has 32 heteroatoms. The number of isocyanates is 1. The summed E-state index contributed by atoms with van der Waals surface area (Å²) in [5.41, 5.74) is 7.07. The van der Waals surface area contributed by atoms with Crippen LogP contribution < -0.4 is 55.4 Å². The molecular weight excluding hydrogens is 1570 g/mol. The Bertz CT molecular complexity index is 4960. The highest BCUT2D eigenvalue weighted by Crippen LogP contribution is 2.48. The third kappa shape index (κ3) is 21.9. The fourth-order valence-electron chi connectivity index (χ4n) is 14.9. The van der Waals surface area contributed by atoms with E-state index in [0.717, 1.165) is 55.0 Å². The summed E-state index contributed by atoms with van der Waals surface area (Å²) in [6.45, 7) is 11.2. The molecule has 6 heterocycles. The van der Waals surface area contributed by atoms with Crippen molar-refractivity contribution in [2.24, 2.45) is 22.6 Å². The van der Waals surface area contributed by atoms with Crippen molar-refractivity contribution in [3.8, 4) is 45.5 Å². The average molecular weight is 1670 g/mol. The predicted molar refractivity (Wildman–Crippen MR) is 445 cm³/mol. The molecule has 8 N–H and O–H groups in total. The van der Waals surface area contributed by atoms with Crippen LogP contribution in [-0.4, -0.2) is 180 Å². The molecule has 0 radical (unpaired) electrons. The van der Waals surface area contributed by atoms with Crippen molar-refractivity contribution in [2.45, 2.75) is 226 Å². The van der Waals surface area contributed by atoms with Crippen molar-refractivity contribution < 1.29 is 74.1 Å². The van der Waals surface area contributed by atoms with Crippen LogP contribution in [0.15, 0.2) is 138 Å². The van der Waals surface area contributed by atoms with Crippen LogP contribution in [0.1, 0.15) is 157 Å². The van der Waals surface area contributed by atoms with Crippen LogP contribution in [-0.2, 0) is 53.6 Å². The molecule has 6 aromatic rings. The zero-order valence-corrected chi connectivity index (χ0v) is 69.9. The van der Waals surface area contributed by atoms with E-state index in [-0.39, 0.29) is 81.0 Å². The number of nitrogens with two attached hydrogens (primary N) is 1. The molecule has 4 aliphatic heterocycles. The molecule has 4 aliphatic carbocycles. The number of aliphatic imine (C=N–C) groups is 1. The number of pyridine rings is 2. The Morgan fingerprint density at radius 1 is 0.578 bits per heavy atom. The fourth-order valence-corrected chi connectivity index (χ4v) is 17.7. The number of amides is 8. The highest BCUT2D eigenvalue weighted by Gasteiger charge is 2.64. The monoisotopic (exact) mass is 1670 g/mol. The van der Waals surface area contributed by atoms with Crippen LogP contribution in [0.5, 0.6) is 23.0 Å². The van der Waals surface area contributed by atoms with Gasteiger partial charge in [-0.05, 0) is 143 Å². The maximum atomic E-state index is 14.7. The Morgan fingerprint density at radius 2 is 1.01 bits per heavy atom. The van der Waals surface area contributed by atoms with E-state index in [4.69, 9.17) is 34.6 Å². The minimum atomic E-state index is -3.90. The molecule has 4 aromatic carbocycles. The van der Waals surface area contributed by atoms with E-state index >= 15 is 0 Å². The molecule has 2 aromatic heterocycles. The van der Waals surface area contributed by atoms with E-state index in [1.165, 1.54) is 15.9 Å². The second-order valence-electron chi connectivity index (χ2n) is 32.9. The molecule has 8 amide bonds. The Labute approximate surface area is 689 Å². The van der Waals surface area contributed by atoms with Gasteiger partial charge in [0, 0.05) is 76.4 Å². The molecule has 0 bridgehead atoms. The SMILES string of the molecule is CC(C)(C)N=C=O.COc1ccc2c(O[C@@H]3C[C@H]4C(=O)N[C@]5(C(=O)NS(=O)(=O)C6CC6)CC5/C=C\CCCCC[C@H](N)C(=O)N4C3)cc(-c3ccccc3)nc2c1.COc1ccc2c(O[C@@H]3C[C@H]4C(=O)N[C@]5(C(=O)NS(=O)(=O)C6CC6)CC5/C=C\CCCCC[C@H](NC(=O)NC(C)(C)C)C(=O)N4C3)cc(-c3ccccc3)nc2c1.Cl.Cl. The number of nitrogens with one attached hydrogen (secondary N) is 6. The number of hydrogen-bond acceptors (Lipinski definition) is 20. The number of rotatable bonds is 15. The lowest BCUT2D eigenvalue weighted by atomic mass is 10.0. The number of methoxy groups -OCH3 is 2. The maximum Gasteiger partial charge on any atom is 0.315 e. The molecule has 8 aliphatic rings. The van der Waals surface area contributed by atoms with Crippen molar-refractivity contribution in [3.63, 3.8) is 0 Å². The first-order chi connectivity index (χ1) is 54.3. The summed E-state index contributed by atoms with van der Waals surface area (Å²) in [6, 6.07) is 29.7. The predicted octanol–water partition coefficient (Wildman–Crippen LogP) is 10.3. The summed E-state index contributed by atoms with van der Waals surface area (Å²) in [6.07, 6.45) is 17.6. The summed E-state index contributed by atoms with van der Waals surface area (Å²) < 4.78 is 80.1. The van der Waals surface area contributed by atoms with Crippen LogP contribution in [0.2, 0.25) is 0 Å². The number of urea groups is 1. The number of carbonyl (C=O) groups excluding carboxylic acids is 8. The van der Waals surface area contributed by atoms with Crippen LogP contribution in [0.25, 0.3) is 44.3 Å². The number of ether oxygens (including phenoxy) is 4. The zero-order valence-electron chi connectivity index (χ0n) is 66.6.